The van der Waals surface area contributed by atoms with Crippen LogP contribution < -0.4 is 0 Å². The topological polar surface area (TPSA) is 40.5 Å². The molecule has 1 aromatic rings. The van der Waals surface area contributed by atoms with Crippen LogP contribution in [0.4, 0.5) is 4.39 Å². The molecule has 0 amide bonds. The van der Waals surface area contributed by atoms with Gasteiger partial charge >= 0.3 is 0 Å². The standard InChI is InChI=1S/C9H8BrFO2/c1-2-8(12)6-3-5(10)4-7(11)9(6)13/h2-4,8,12-13H,1H2. The maximum atomic E-state index is 12.9. The van der Waals surface area contributed by atoms with E-state index in [0.717, 1.165) is 6.07 Å². The Balaban J connectivity index is 3.27. The highest BCUT2D eigenvalue weighted by atomic mass is 79.9. The van der Waals surface area contributed by atoms with E-state index >= 15 is 0 Å². The maximum Gasteiger partial charge on any atom is 0.166 e. The normalized spacial score (nSPS) is 12.5. The van der Waals surface area contributed by atoms with Crippen molar-refractivity contribution in [1.29, 1.82) is 0 Å². The fraction of sp³-hybridized carbons (Fsp3) is 0.111. The molecule has 0 aliphatic heterocycles. The molecule has 0 saturated carbocycles. The van der Waals surface area contributed by atoms with Crippen LogP contribution in [0.5, 0.6) is 5.75 Å². The molecule has 0 aliphatic carbocycles. The molecule has 2 N–H and O–H groups in total. The fourth-order valence-electron chi connectivity index (χ4n) is 0.938. The second-order valence-electron chi connectivity index (χ2n) is 2.51. The Bertz CT molecular complexity index is 339. The lowest BCUT2D eigenvalue weighted by Gasteiger charge is -2.09. The summed E-state index contributed by atoms with van der Waals surface area (Å²) in [6.45, 7) is 3.34. The van der Waals surface area contributed by atoms with Crippen molar-refractivity contribution in [1.82, 2.24) is 0 Å². The number of phenolic OH excluding ortho intramolecular Hbond substituents is 1. The first kappa shape index (κ1) is 10.2. The number of halogens is 2. The van der Waals surface area contributed by atoms with E-state index in [0.29, 0.717) is 4.47 Å². The van der Waals surface area contributed by atoms with Crippen LogP contribution in [0.25, 0.3) is 0 Å². The van der Waals surface area contributed by atoms with Gasteiger partial charge in [-0.1, -0.05) is 22.0 Å². The highest BCUT2D eigenvalue weighted by molar-refractivity contribution is 9.10. The van der Waals surface area contributed by atoms with Crippen molar-refractivity contribution in [2.45, 2.75) is 6.10 Å². The largest absolute Gasteiger partial charge is 0.505 e. The zero-order valence-corrected chi connectivity index (χ0v) is 8.25. The molecule has 4 heteroatoms. The molecule has 0 spiro atoms. The molecular formula is C9H8BrFO2. The SMILES string of the molecule is C=CC(O)c1cc(Br)cc(F)c1O. The minimum Gasteiger partial charge on any atom is -0.505 e. The van der Waals surface area contributed by atoms with Crippen LogP contribution in [0.1, 0.15) is 11.7 Å². The molecule has 0 fully saturated rings. The molecule has 2 nitrogen and oxygen atoms in total. The number of aliphatic hydroxyl groups excluding tert-OH is 1. The number of hydrogen-bond acceptors (Lipinski definition) is 2. The molecule has 1 unspecified atom stereocenters. The van der Waals surface area contributed by atoms with Gasteiger partial charge in [-0.05, 0) is 12.1 Å². The summed E-state index contributed by atoms with van der Waals surface area (Å²) in [6, 6.07) is 2.55. The maximum absolute atomic E-state index is 12.9. The average Bonchev–Trinajstić information content (AvgIpc) is 2.10. The van der Waals surface area contributed by atoms with Crippen molar-refractivity contribution >= 4 is 15.9 Å². The number of benzene rings is 1. The lowest BCUT2D eigenvalue weighted by molar-refractivity contribution is 0.222. The van der Waals surface area contributed by atoms with Crippen molar-refractivity contribution < 1.29 is 14.6 Å². The zero-order valence-electron chi connectivity index (χ0n) is 6.67. The van der Waals surface area contributed by atoms with Crippen molar-refractivity contribution in [3.8, 4) is 5.75 Å². The molecular weight excluding hydrogens is 239 g/mol. The summed E-state index contributed by atoms with van der Waals surface area (Å²) in [5.74, 6) is -1.32. The Kier molecular flexibility index (Phi) is 3.06. The minimum atomic E-state index is -1.06. The fourth-order valence-corrected chi connectivity index (χ4v) is 1.39. The molecule has 1 rings (SSSR count). The quantitative estimate of drug-likeness (QED) is 0.788. The van der Waals surface area contributed by atoms with Crippen molar-refractivity contribution in [3.05, 3.63) is 40.6 Å². The molecule has 0 aliphatic rings. The van der Waals surface area contributed by atoms with E-state index < -0.39 is 17.7 Å². The highest BCUT2D eigenvalue weighted by Crippen LogP contribution is 2.30. The molecule has 0 saturated heterocycles. The van der Waals surface area contributed by atoms with Crippen LogP contribution in [0.3, 0.4) is 0 Å². The van der Waals surface area contributed by atoms with Gasteiger partial charge in [0.05, 0.1) is 0 Å². The summed E-state index contributed by atoms with van der Waals surface area (Å²) in [5, 5.41) is 18.5. The third kappa shape index (κ3) is 2.08. The molecule has 70 valence electrons. The zero-order chi connectivity index (χ0) is 10.0. The molecule has 0 bridgehead atoms. The Hall–Kier alpha value is -0.870. The molecule has 1 aromatic carbocycles. The van der Waals surface area contributed by atoms with E-state index in [1.807, 2.05) is 0 Å². The minimum absolute atomic E-state index is 0.0990. The second kappa shape index (κ2) is 3.89. The van der Waals surface area contributed by atoms with E-state index in [1.165, 1.54) is 12.1 Å². The van der Waals surface area contributed by atoms with Crippen molar-refractivity contribution in [2.24, 2.45) is 0 Å². The molecule has 0 heterocycles. The summed E-state index contributed by atoms with van der Waals surface area (Å²) >= 11 is 3.05. The van der Waals surface area contributed by atoms with E-state index in [1.54, 1.807) is 0 Å². The van der Waals surface area contributed by atoms with E-state index in [2.05, 4.69) is 22.5 Å². The summed E-state index contributed by atoms with van der Waals surface area (Å²) in [4.78, 5) is 0. The number of hydrogen-bond donors (Lipinski definition) is 2. The van der Waals surface area contributed by atoms with Crippen LogP contribution >= 0.6 is 15.9 Å². The lowest BCUT2D eigenvalue weighted by Crippen LogP contribution is -1.95. The van der Waals surface area contributed by atoms with Gasteiger partial charge in [0, 0.05) is 10.0 Å². The Morgan fingerprint density at radius 3 is 2.69 bits per heavy atom. The first-order chi connectivity index (χ1) is 6.06. The summed E-state index contributed by atoms with van der Waals surface area (Å²) < 4.78 is 13.4. The van der Waals surface area contributed by atoms with Crippen LogP contribution in [-0.2, 0) is 0 Å². The summed E-state index contributed by atoms with van der Waals surface area (Å²) in [6.07, 6.45) is 0.146. The van der Waals surface area contributed by atoms with Gasteiger partial charge in [-0.15, -0.1) is 6.58 Å². The molecule has 13 heavy (non-hydrogen) atoms. The summed E-state index contributed by atoms with van der Waals surface area (Å²) in [5.41, 5.74) is 0.0990. The Morgan fingerprint density at radius 1 is 1.54 bits per heavy atom. The smallest absolute Gasteiger partial charge is 0.166 e. The number of aromatic hydroxyl groups is 1. The second-order valence-corrected chi connectivity index (χ2v) is 3.42. The third-order valence-corrected chi connectivity index (χ3v) is 2.06. The van der Waals surface area contributed by atoms with E-state index in [9.17, 15) is 14.6 Å². The lowest BCUT2D eigenvalue weighted by atomic mass is 10.1. The Morgan fingerprint density at radius 2 is 2.15 bits per heavy atom. The van der Waals surface area contributed by atoms with E-state index in [4.69, 9.17) is 0 Å². The van der Waals surface area contributed by atoms with Crippen LogP contribution in [0, 0.1) is 5.82 Å². The van der Waals surface area contributed by atoms with Gasteiger partial charge in [0.2, 0.25) is 0 Å². The van der Waals surface area contributed by atoms with Crippen molar-refractivity contribution in [2.75, 3.05) is 0 Å². The van der Waals surface area contributed by atoms with Crippen molar-refractivity contribution in [3.63, 3.8) is 0 Å². The van der Waals surface area contributed by atoms with Gasteiger partial charge in [-0.3, -0.25) is 0 Å². The first-order valence-electron chi connectivity index (χ1n) is 3.54. The first-order valence-corrected chi connectivity index (χ1v) is 4.34. The summed E-state index contributed by atoms with van der Waals surface area (Å²) in [7, 11) is 0. The number of aliphatic hydroxyl groups is 1. The average molecular weight is 247 g/mol. The van der Waals surface area contributed by atoms with Gasteiger partial charge in [-0.25, -0.2) is 4.39 Å². The molecule has 0 radical (unpaired) electrons. The van der Waals surface area contributed by atoms with Gasteiger partial charge in [0.25, 0.3) is 0 Å². The predicted octanol–water partition coefficient (Wildman–Crippen LogP) is 2.51. The van der Waals surface area contributed by atoms with Gasteiger partial charge in [0.15, 0.2) is 11.6 Å². The third-order valence-electron chi connectivity index (χ3n) is 1.60. The predicted molar refractivity (Wildman–Crippen MR) is 50.9 cm³/mol. The van der Waals surface area contributed by atoms with Crippen LogP contribution in [-0.4, -0.2) is 10.2 Å². The van der Waals surface area contributed by atoms with Gasteiger partial charge in [-0.2, -0.15) is 0 Å². The van der Waals surface area contributed by atoms with Crippen LogP contribution in [0.15, 0.2) is 29.3 Å². The van der Waals surface area contributed by atoms with E-state index in [-0.39, 0.29) is 5.56 Å². The highest BCUT2D eigenvalue weighted by Gasteiger charge is 2.13. The number of phenols is 1. The van der Waals surface area contributed by atoms with Gasteiger partial charge < -0.3 is 10.2 Å². The monoisotopic (exact) mass is 246 g/mol. The Labute approximate surface area is 83.5 Å². The van der Waals surface area contributed by atoms with Crippen LogP contribution in [0.2, 0.25) is 0 Å². The molecule has 0 aromatic heterocycles. The van der Waals surface area contributed by atoms with Gasteiger partial charge in [0.1, 0.15) is 6.10 Å². The number of rotatable bonds is 2. The molecule has 1 atom stereocenters.